The highest BCUT2D eigenvalue weighted by Gasteiger charge is 2.23. The number of rotatable bonds is 4. The molecule has 4 heteroatoms. The van der Waals surface area contributed by atoms with E-state index in [1.165, 1.54) is 0 Å². The van der Waals surface area contributed by atoms with Crippen molar-refractivity contribution in [2.24, 2.45) is 0 Å². The van der Waals surface area contributed by atoms with Crippen LogP contribution in [0.5, 0.6) is 17.2 Å². The van der Waals surface area contributed by atoms with Gasteiger partial charge >= 0.3 is 0 Å². The van der Waals surface area contributed by atoms with Crippen LogP contribution in [0.4, 0.5) is 5.69 Å². The number of hydrogen-bond acceptors (Lipinski definition) is 4. The van der Waals surface area contributed by atoms with E-state index in [9.17, 15) is 0 Å². The van der Waals surface area contributed by atoms with Crippen molar-refractivity contribution < 1.29 is 14.2 Å². The summed E-state index contributed by atoms with van der Waals surface area (Å²) in [5.41, 5.74) is 2.67. The maximum atomic E-state index is 5.95. The summed E-state index contributed by atoms with van der Waals surface area (Å²) >= 11 is 0. The Bertz CT molecular complexity index is 735. The minimum Gasteiger partial charge on any atom is -0.493 e. The lowest BCUT2D eigenvalue weighted by Crippen LogP contribution is -2.12. The summed E-state index contributed by atoms with van der Waals surface area (Å²) in [7, 11) is 3.19. The quantitative estimate of drug-likeness (QED) is 0.923. The third kappa shape index (κ3) is 2.51. The molecule has 0 amide bonds. The van der Waals surface area contributed by atoms with Crippen LogP contribution in [0.3, 0.4) is 0 Å². The van der Waals surface area contributed by atoms with E-state index < -0.39 is 0 Å². The molecule has 1 heterocycles. The normalized spacial score (nSPS) is 12.8. The second-order valence-corrected chi connectivity index (χ2v) is 4.80. The number of ether oxygens (including phenoxy) is 3. The van der Waals surface area contributed by atoms with Gasteiger partial charge in [0.1, 0.15) is 0 Å². The van der Waals surface area contributed by atoms with Gasteiger partial charge in [0.25, 0.3) is 0 Å². The number of nitrogens with one attached hydrogen (secondary N) is 1. The summed E-state index contributed by atoms with van der Waals surface area (Å²) < 4.78 is 16.7. The predicted molar refractivity (Wildman–Crippen MR) is 87.4 cm³/mol. The molecule has 0 fully saturated rings. The van der Waals surface area contributed by atoms with Crippen molar-refractivity contribution in [1.82, 2.24) is 0 Å². The highest BCUT2D eigenvalue weighted by molar-refractivity contribution is 5.82. The van der Waals surface area contributed by atoms with Crippen LogP contribution in [0.1, 0.15) is 5.56 Å². The van der Waals surface area contributed by atoms with Crippen LogP contribution < -0.4 is 19.5 Å². The second kappa shape index (κ2) is 5.85. The summed E-state index contributed by atoms with van der Waals surface area (Å²) in [4.78, 5) is 0. The maximum absolute atomic E-state index is 5.95. The van der Waals surface area contributed by atoms with Gasteiger partial charge in [0.15, 0.2) is 17.4 Å². The Morgan fingerprint density at radius 2 is 1.77 bits per heavy atom. The minimum atomic E-state index is 0.557. The van der Waals surface area contributed by atoms with Crippen LogP contribution in [0.25, 0.3) is 5.57 Å². The first-order valence-corrected chi connectivity index (χ1v) is 6.89. The molecule has 4 nitrogen and oxygen atoms in total. The largest absolute Gasteiger partial charge is 0.493 e. The van der Waals surface area contributed by atoms with Gasteiger partial charge in [-0.05, 0) is 29.8 Å². The molecule has 3 rings (SSSR count). The Labute approximate surface area is 129 Å². The molecule has 1 aliphatic rings. The first-order valence-electron chi connectivity index (χ1n) is 6.89. The van der Waals surface area contributed by atoms with Gasteiger partial charge in [-0.25, -0.2) is 0 Å². The summed E-state index contributed by atoms with van der Waals surface area (Å²) in [6.45, 7) is 4.09. The molecular formula is C18H17NO3. The van der Waals surface area contributed by atoms with E-state index in [0.29, 0.717) is 23.1 Å². The van der Waals surface area contributed by atoms with E-state index >= 15 is 0 Å². The molecule has 1 aliphatic heterocycles. The first-order chi connectivity index (χ1) is 10.7. The average Bonchev–Trinajstić information content (AvgIpc) is 2.54. The Hall–Kier alpha value is -2.88. The molecule has 0 saturated carbocycles. The SMILES string of the molecule is C=C1C=C(Nc2ccccc2)Oc2c1ccc(OC)c2OC. The molecule has 0 aliphatic carbocycles. The lowest BCUT2D eigenvalue weighted by atomic mass is 10.0. The number of hydrogen-bond donors (Lipinski definition) is 1. The van der Waals surface area contributed by atoms with Gasteiger partial charge in [-0.3, -0.25) is 0 Å². The van der Waals surface area contributed by atoms with E-state index in [0.717, 1.165) is 16.8 Å². The van der Waals surface area contributed by atoms with Crippen molar-refractivity contribution in [3.05, 3.63) is 66.6 Å². The molecule has 22 heavy (non-hydrogen) atoms. The van der Waals surface area contributed by atoms with E-state index in [1.54, 1.807) is 14.2 Å². The molecular weight excluding hydrogens is 278 g/mol. The predicted octanol–water partition coefficient (Wildman–Crippen LogP) is 4.06. The number of para-hydroxylation sites is 1. The fourth-order valence-corrected chi connectivity index (χ4v) is 2.35. The van der Waals surface area contributed by atoms with Gasteiger partial charge in [-0.2, -0.15) is 0 Å². The molecule has 0 atom stereocenters. The molecule has 0 aromatic heterocycles. The van der Waals surface area contributed by atoms with Gasteiger partial charge in [0.2, 0.25) is 5.75 Å². The third-order valence-corrected chi connectivity index (χ3v) is 3.40. The van der Waals surface area contributed by atoms with Crippen LogP contribution in [-0.4, -0.2) is 14.2 Å². The summed E-state index contributed by atoms with van der Waals surface area (Å²) in [6.07, 6.45) is 1.86. The lowest BCUT2D eigenvalue weighted by Gasteiger charge is -2.23. The average molecular weight is 295 g/mol. The Morgan fingerprint density at radius 1 is 1.00 bits per heavy atom. The highest BCUT2D eigenvalue weighted by atomic mass is 16.5. The molecule has 0 bridgehead atoms. The number of methoxy groups -OCH3 is 2. The zero-order chi connectivity index (χ0) is 15.5. The molecule has 1 N–H and O–H groups in total. The van der Waals surface area contributed by atoms with Crippen molar-refractivity contribution in [3.63, 3.8) is 0 Å². The zero-order valence-corrected chi connectivity index (χ0v) is 12.6. The highest BCUT2D eigenvalue weighted by Crippen LogP contribution is 2.45. The fraction of sp³-hybridized carbons (Fsp3) is 0.111. The van der Waals surface area contributed by atoms with Crippen LogP contribution in [0.15, 0.2) is 61.0 Å². The van der Waals surface area contributed by atoms with Crippen molar-refractivity contribution in [2.45, 2.75) is 0 Å². The smallest absolute Gasteiger partial charge is 0.204 e. The minimum absolute atomic E-state index is 0.557. The van der Waals surface area contributed by atoms with Gasteiger partial charge in [0, 0.05) is 17.3 Å². The molecule has 2 aromatic rings. The van der Waals surface area contributed by atoms with Crippen LogP contribution in [0.2, 0.25) is 0 Å². The van der Waals surface area contributed by atoms with Crippen molar-refractivity contribution in [1.29, 1.82) is 0 Å². The number of fused-ring (bicyclic) bond motifs is 1. The lowest BCUT2D eigenvalue weighted by molar-refractivity contribution is 0.327. The summed E-state index contributed by atoms with van der Waals surface area (Å²) in [5, 5.41) is 3.22. The van der Waals surface area contributed by atoms with Gasteiger partial charge in [-0.1, -0.05) is 24.8 Å². The fourth-order valence-electron chi connectivity index (χ4n) is 2.35. The standard InChI is InChI=1S/C18H17NO3/c1-12-11-16(19-13-7-5-4-6-8-13)22-17-14(12)9-10-15(20-2)18(17)21-3/h4-11,19H,1H2,2-3H3. The topological polar surface area (TPSA) is 39.7 Å². The van der Waals surface area contributed by atoms with E-state index in [-0.39, 0.29) is 0 Å². The number of anilines is 1. The zero-order valence-electron chi connectivity index (χ0n) is 12.6. The molecule has 112 valence electrons. The van der Waals surface area contributed by atoms with Gasteiger partial charge in [0.05, 0.1) is 14.2 Å². The Morgan fingerprint density at radius 3 is 2.45 bits per heavy atom. The molecule has 0 saturated heterocycles. The summed E-state index contributed by atoms with van der Waals surface area (Å²) in [5.74, 6) is 2.37. The van der Waals surface area contributed by atoms with Crippen LogP contribution in [-0.2, 0) is 0 Å². The third-order valence-electron chi connectivity index (χ3n) is 3.40. The van der Waals surface area contributed by atoms with Crippen molar-refractivity contribution in [2.75, 3.05) is 19.5 Å². The monoisotopic (exact) mass is 295 g/mol. The molecule has 0 unspecified atom stereocenters. The number of allylic oxidation sites excluding steroid dienone is 2. The Kier molecular flexibility index (Phi) is 3.74. The molecule has 0 spiro atoms. The van der Waals surface area contributed by atoms with E-state index in [1.807, 2.05) is 48.5 Å². The van der Waals surface area contributed by atoms with E-state index in [4.69, 9.17) is 14.2 Å². The van der Waals surface area contributed by atoms with E-state index in [2.05, 4.69) is 11.9 Å². The first kappa shape index (κ1) is 14.1. The van der Waals surface area contributed by atoms with Crippen LogP contribution in [0, 0.1) is 0 Å². The van der Waals surface area contributed by atoms with Gasteiger partial charge < -0.3 is 19.5 Å². The maximum Gasteiger partial charge on any atom is 0.204 e. The summed E-state index contributed by atoms with van der Waals surface area (Å²) in [6, 6.07) is 13.6. The van der Waals surface area contributed by atoms with Gasteiger partial charge in [-0.15, -0.1) is 0 Å². The second-order valence-electron chi connectivity index (χ2n) is 4.80. The van der Waals surface area contributed by atoms with Crippen LogP contribution >= 0.6 is 0 Å². The van der Waals surface area contributed by atoms with Crippen molar-refractivity contribution in [3.8, 4) is 17.2 Å². The molecule has 2 aromatic carbocycles. The van der Waals surface area contributed by atoms with Crippen molar-refractivity contribution >= 4 is 11.3 Å². The Balaban J connectivity index is 1.96. The number of benzene rings is 2. The molecule has 0 radical (unpaired) electrons.